The number of amides is 1. The molecule has 2 aromatic carbocycles. The van der Waals surface area contributed by atoms with Gasteiger partial charge in [0.05, 0.1) is 6.33 Å². The Balaban J connectivity index is 1.33. The molecule has 0 saturated carbocycles. The highest BCUT2D eigenvalue weighted by atomic mass is 32.1. The molecule has 1 fully saturated rings. The van der Waals surface area contributed by atoms with E-state index in [1.807, 2.05) is 52.1 Å². The number of hydrogen-bond donors (Lipinski definition) is 2. The van der Waals surface area contributed by atoms with Crippen LogP contribution < -0.4 is 15.5 Å². The Morgan fingerprint density at radius 2 is 2.00 bits per heavy atom. The third-order valence-electron chi connectivity index (χ3n) is 4.68. The lowest BCUT2D eigenvalue weighted by molar-refractivity contribution is -0.117. The van der Waals surface area contributed by atoms with Crippen LogP contribution in [0.3, 0.4) is 0 Å². The van der Waals surface area contributed by atoms with Gasteiger partial charge < -0.3 is 20.1 Å². The number of imidazole rings is 1. The van der Waals surface area contributed by atoms with E-state index in [1.54, 1.807) is 12.5 Å². The topological polar surface area (TPSA) is 62.2 Å². The summed E-state index contributed by atoms with van der Waals surface area (Å²) in [5, 5.41) is 6.96. The maximum absolute atomic E-state index is 11.9. The van der Waals surface area contributed by atoms with Gasteiger partial charge in [0, 0.05) is 49.0 Å². The molecular weight excluding hydrogens is 370 g/mol. The van der Waals surface area contributed by atoms with Crippen molar-refractivity contribution in [2.24, 2.45) is 0 Å². The van der Waals surface area contributed by atoms with Crippen LogP contribution in [0.2, 0.25) is 0 Å². The molecule has 0 bridgehead atoms. The lowest BCUT2D eigenvalue weighted by Gasteiger charge is -2.17. The minimum Gasteiger partial charge on any atom is -0.358 e. The molecule has 1 aliphatic rings. The van der Waals surface area contributed by atoms with Gasteiger partial charge in [-0.05, 0) is 54.5 Å². The monoisotopic (exact) mass is 391 g/mol. The van der Waals surface area contributed by atoms with Gasteiger partial charge in [0.1, 0.15) is 0 Å². The highest BCUT2D eigenvalue weighted by molar-refractivity contribution is 7.80. The number of nitrogens with zero attached hydrogens (tertiary/aromatic N) is 3. The highest BCUT2D eigenvalue weighted by Crippen LogP contribution is 2.24. The van der Waals surface area contributed by atoms with Crippen molar-refractivity contribution in [2.45, 2.75) is 19.4 Å². The van der Waals surface area contributed by atoms with Gasteiger partial charge in [-0.2, -0.15) is 0 Å². The van der Waals surface area contributed by atoms with Crippen molar-refractivity contribution in [3.05, 3.63) is 72.8 Å². The van der Waals surface area contributed by atoms with Crippen LogP contribution in [0.1, 0.15) is 18.4 Å². The molecular formula is C21H21N5OS. The van der Waals surface area contributed by atoms with Gasteiger partial charge in [0.2, 0.25) is 5.91 Å². The Kier molecular flexibility index (Phi) is 5.34. The first kappa shape index (κ1) is 18.2. The maximum atomic E-state index is 11.9. The summed E-state index contributed by atoms with van der Waals surface area (Å²) in [6.07, 6.45) is 6.98. The van der Waals surface area contributed by atoms with Gasteiger partial charge in [-0.1, -0.05) is 18.2 Å². The SMILES string of the molecule is O=C1CCCN1c1cccc(NC(=S)NCc2ccc(-n3ccnc3)cc2)c1. The van der Waals surface area contributed by atoms with Gasteiger partial charge in [-0.25, -0.2) is 4.98 Å². The van der Waals surface area contributed by atoms with Crippen LogP contribution in [-0.2, 0) is 11.3 Å². The molecule has 7 heteroatoms. The minimum atomic E-state index is 0.178. The van der Waals surface area contributed by atoms with Crippen molar-refractivity contribution in [2.75, 3.05) is 16.8 Å². The van der Waals surface area contributed by atoms with E-state index in [0.717, 1.165) is 35.6 Å². The first-order chi connectivity index (χ1) is 13.7. The summed E-state index contributed by atoms with van der Waals surface area (Å²) in [5.41, 5.74) is 3.97. The Labute approximate surface area is 169 Å². The van der Waals surface area contributed by atoms with Gasteiger partial charge in [0.15, 0.2) is 5.11 Å². The molecule has 1 aliphatic heterocycles. The van der Waals surface area contributed by atoms with Gasteiger partial charge >= 0.3 is 0 Å². The largest absolute Gasteiger partial charge is 0.358 e. The zero-order valence-electron chi connectivity index (χ0n) is 15.3. The van der Waals surface area contributed by atoms with E-state index in [0.29, 0.717) is 18.1 Å². The lowest BCUT2D eigenvalue weighted by atomic mass is 10.2. The molecule has 3 aromatic rings. The number of hydrogen-bond acceptors (Lipinski definition) is 3. The van der Waals surface area contributed by atoms with Crippen LogP contribution in [0.4, 0.5) is 11.4 Å². The third kappa shape index (κ3) is 4.20. The fourth-order valence-corrected chi connectivity index (χ4v) is 3.42. The smallest absolute Gasteiger partial charge is 0.227 e. The quantitative estimate of drug-likeness (QED) is 0.652. The van der Waals surface area contributed by atoms with Crippen molar-refractivity contribution in [1.82, 2.24) is 14.9 Å². The fourth-order valence-electron chi connectivity index (χ4n) is 3.23. The summed E-state index contributed by atoms with van der Waals surface area (Å²) in [4.78, 5) is 17.8. The van der Waals surface area contributed by atoms with E-state index >= 15 is 0 Å². The van der Waals surface area contributed by atoms with Crippen molar-refractivity contribution >= 4 is 34.6 Å². The van der Waals surface area contributed by atoms with Gasteiger partial charge in [-0.15, -0.1) is 0 Å². The third-order valence-corrected chi connectivity index (χ3v) is 4.93. The number of aromatic nitrogens is 2. The van der Waals surface area contributed by atoms with Crippen LogP contribution in [0.5, 0.6) is 0 Å². The summed E-state index contributed by atoms with van der Waals surface area (Å²) < 4.78 is 1.96. The number of nitrogens with one attached hydrogen (secondary N) is 2. The molecule has 142 valence electrons. The predicted molar refractivity (Wildman–Crippen MR) is 115 cm³/mol. The summed E-state index contributed by atoms with van der Waals surface area (Å²) in [7, 11) is 0. The molecule has 6 nitrogen and oxygen atoms in total. The number of rotatable bonds is 5. The standard InChI is InChI=1S/C21H21N5OS/c27-20-5-2-11-26(20)19-4-1-3-17(13-19)24-21(28)23-14-16-6-8-18(9-7-16)25-12-10-22-15-25/h1,3-4,6-10,12-13,15H,2,5,11,14H2,(H2,23,24,28). The summed E-state index contributed by atoms with van der Waals surface area (Å²) >= 11 is 5.41. The molecule has 1 aromatic heterocycles. The normalized spacial score (nSPS) is 13.6. The van der Waals surface area contributed by atoms with E-state index in [9.17, 15) is 4.79 Å². The second-order valence-corrected chi connectivity index (χ2v) is 7.05. The van der Waals surface area contributed by atoms with Crippen LogP contribution in [0.25, 0.3) is 5.69 Å². The molecule has 1 saturated heterocycles. The van der Waals surface area contributed by atoms with E-state index in [2.05, 4.69) is 27.8 Å². The molecule has 0 spiro atoms. The van der Waals surface area contributed by atoms with Crippen LogP contribution >= 0.6 is 12.2 Å². The zero-order chi connectivity index (χ0) is 19.3. The Morgan fingerprint density at radius 3 is 2.71 bits per heavy atom. The lowest BCUT2D eigenvalue weighted by Crippen LogP contribution is -2.28. The van der Waals surface area contributed by atoms with Crippen molar-refractivity contribution < 1.29 is 4.79 Å². The van der Waals surface area contributed by atoms with Gasteiger partial charge in [0.25, 0.3) is 0 Å². The number of carbonyl (C=O) groups excluding carboxylic acids is 1. The number of carbonyl (C=O) groups is 1. The number of thiocarbonyl (C=S) groups is 1. The average Bonchev–Trinajstić information content (AvgIpc) is 3.39. The summed E-state index contributed by atoms with van der Waals surface area (Å²) in [6, 6.07) is 16.0. The molecule has 0 unspecified atom stereocenters. The van der Waals surface area contributed by atoms with Crippen molar-refractivity contribution in [1.29, 1.82) is 0 Å². The number of anilines is 2. The van der Waals surface area contributed by atoms with Crippen molar-refractivity contribution in [3.8, 4) is 5.69 Å². The molecule has 4 rings (SSSR count). The molecule has 28 heavy (non-hydrogen) atoms. The first-order valence-electron chi connectivity index (χ1n) is 9.21. The second-order valence-electron chi connectivity index (χ2n) is 6.64. The van der Waals surface area contributed by atoms with E-state index in [4.69, 9.17) is 12.2 Å². The fraction of sp³-hybridized carbons (Fsp3) is 0.190. The average molecular weight is 392 g/mol. The zero-order valence-corrected chi connectivity index (χ0v) is 16.2. The summed E-state index contributed by atoms with van der Waals surface area (Å²) in [6.45, 7) is 1.40. The molecule has 2 N–H and O–H groups in total. The van der Waals surface area contributed by atoms with E-state index in [1.165, 1.54) is 0 Å². The molecule has 2 heterocycles. The maximum Gasteiger partial charge on any atom is 0.227 e. The second kappa shape index (κ2) is 8.22. The van der Waals surface area contributed by atoms with Gasteiger partial charge in [-0.3, -0.25) is 4.79 Å². The predicted octanol–water partition coefficient (Wildman–Crippen LogP) is 3.49. The van der Waals surface area contributed by atoms with E-state index < -0.39 is 0 Å². The minimum absolute atomic E-state index is 0.178. The van der Waals surface area contributed by atoms with Crippen LogP contribution in [-0.4, -0.2) is 27.1 Å². The summed E-state index contributed by atoms with van der Waals surface area (Å²) in [5.74, 6) is 0.178. The molecule has 1 amide bonds. The van der Waals surface area contributed by atoms with Crippen LogP contribution in [0, 0.1) is 0 Å². The Hall–Kier alpha value is -3.19. The molecule has 0 aliphatic carbocycles. The molecule has 0 atom stereocenters. The molecule has 0 radical (unpaired) electrons. The van der Waals surface area contributed by atoms with Crippen molar-refractivity contribution in [3.63, 3.8) is 0 Å². The first-order valence-corrected chi connectivity index (χ1v) is 9.62. The highest BCUT2D eigenvalue weighted by Gasteiger charge is 2.21. The number of benzene rings is 2. The van der Waals surface area contributed by atoms with E-state index in [-0.39, 0.29) is 5.91 Å². The Morgan fingerprint density at radius 1 is 1.14 bits per heavy atom. The Bertz CT molecular complexity index is 969. The van der Waals surface area contributed by atoms with Crippen LogP contribution in [0.15, 0.2) is 67.3 Å².